The van der Waals surface area contributed by atoms with E-state index < -0.39 is 0 Å². The van der Waals surface area contributed by atoms with Crippen LogP contribution in [-0.4, -0.2) is 9.97 Å². The minimum atomic E-state index is 0.275. The number of hydrogen-bond donors (Lipinski definition) is 2. The van der Waals surface area contributed by atoms with E-state index >= 15 is 0 Å². The Kier molecular flexibility index (Phi) is 3.78. The van der Waals surface area contributed by atoms with Crippen molar-refractivity contribution in [1.29, 1.82) is 0 Å². The van der Waals surface area contributed by atoms with Crippen LogP contribution in [0, 0.1) is 0 Å². The fraction of sp³-hybridized carbons (Fsp3) is 0. The molecule has 3 N–H and O–H groups in total. The van der Waals surface area contributed by atoms with Crippen molar-refractivity contribution in [2.45, 2.75) is 0 Å². The molecule has 0 unspecified atom stereocenters. The highest BCUT2D eigenvalue weighted by Crippen LogP contribution is 2.28. The minimum absolute atomic E-state index is 0.275. The zero-order valence-corrected chi connectivity index (χ0v) is 10.9. The molecule has 1 aromatic heterocycles. The lowest BCUT2D eigenvalue weighted by atomic mass is 10.3. The summed E-state index contributed by atoms with van der Waals surface area (Å²) in [6.07, 6.45) is 1.55. The number of hydrogen-bond acceptors (Lipinski definition) is 5. The third kappa shape index (κ3) is 3.06. The van der Waals surface area contributed by atoms with Crippen molar-refractivity contribution in [2.75, 3.05) is 5.43 Å². The first kappa shape index (κ1) is 12.1. The lowest BCUT2D eigenvalue weighted by Gasteiger charge is -2.07. The SMILES string of the molecule is NNc1ncc(Br)c(Oc2ccc(Cl)cc2)n1. The van der Waals surface area contributed by atoms with Gasteiger partial charge in [0.05, 0.1) is 10.7 Å². The minimum Gasteiger partial charge on any atom is -0.438 e. The highest BCUT2D eigenvalue weighted by Gasteiger charge is 2.06. The summed E-state index contributed by atoms with van der Waals surface area (Å²) in [6, 6.07) is 6.95. The summed E-state index contributed by atoms with van der Waals surface area (Å²) in [6.45, 7) is 0. The molecule has 2 aromatic rings. The Hall–Kier alpha value is -1.37. The predicted molar refractivity (Wildman–Crippen MR) is 69.1 cm³/mol. The number of nitrogens with two attached hydrogens (primary N) is 1. The monoisotopic (exact) mass is 314 g/mol. The topological polar surface area (TPSA) is 73.1 Å². The Labute approximate surface area is 111 Å². The van der Waals surface area contributed by atoms with E-state index in [0.29, 0.717) is 21.1 Å². The Balaban J connectivity index is 2.25. The first-order chi connectivity index (χ1) is 8.19. The van der Waals surface area contributed by atoms with Gasteiger partial charge < -0.3 is 4.74 Å². The lowest BCUT2D eigenvalue weighted by Crippen LogP contribution is -2.10. The third-order valence-corrected chi connectivity index (χ3v) is 2.67. The van der Waals surface area contributed by atoms with Crippen molar-refractivity contribution in [3.8, 4) is 11.6 Å². The van der Waals surface area contributed by atoms with Gasteiger partial charge in [0, 0.05) is 5.02 Å². The Bertz CT molecular complexity index is 520. The molecule has 88 valence electrons. The Morgan fingerprint density at radius 1 is 1.29 bits per heavy atom. The first-order valence-corrected chi connectivity index (χ1v) is 5.78. The lowest BCUT2D eigenvalue weighted by molar-refractivity contribution is 0.459. The van der Waals surface area contributed by atoms with Crippen LogP contribution in [0.1, 0.15) is 0 Å². The summed E-state index contributed by atoms with van der Waals surface area (Å²) < 4.78 is 6.19. The van der Waals surface area contributed by atoms with Gasteiger partial charge in [-0.1, -0.05) is 11.6 Å². The van der Waals surface area contributed by atoms with Gasteiger partial charge >= 0.3 is 0 Å². The van der Waals surface area contributed by atoms with Crippen molar-refractivity contribution in [1.82, 2.24) is 9.97 Å². The smallest absolute Gasteiger partial charge is 0.240 e. The molecule has 0 spiro atoms. The highest BCUT2D eigenvalue weighted by molar-refractivity contribution is 9.10. The molecular formula is C10H8BrClN4O. The first-order valence-electron chi connectivity index (χ1n) is 4.61. The van der Waals surface area contributed by atoms with Gasteiger partial charge in [-0.15, -0.1) is 0 Å². The van der Waals surface area contributed by atoms with Crippen LogP contribution in [0.2, 0.25) is 5.02 Å². The number of aromatic nitrogens is 2. The molecule has 0 aliphatic heterocycles. The molecule has 0 saturated heterocycles. The number of rotatable bonds is 3. The molecule has 1 aromatic carbocycles. The summed E-state index contributed by atoms with van der Waals surface area (Å²) >= 11 is 9.06. The predicted octanol–water partition coefficient (Wildman–Crippen LogP) is 2.97. The van der Waals surface area contributed by atoms with Crippen LogP contribution < -0.4 is 16.0 Å². The van der Waals surface area contributed by atoms with Crippen LogP contribution in [0.15, 0.2) is 34.9 Å². The maximum absolute atomic E-state index is 5.78. The highest BCUT2D eigenvalue weighted by atomic mass is 79.9. The molecule has 7 heteroatoms. The summed E-state index contributed by atoms with van der Waals surface area (Å²) in [5.74, 6) is 6.49. The number of nitrogens with zero attached hydrogens (tertiary/aromatic N) is 2. The molecule has 0 amide bonds. The van der Waals surface area contributed by atoms with E-state index in [4.69, 9.17) is 22.2 Å². The Morgan fingerprint density at radius 3 is 2.65 bits per heavy atom. The Morgan fingerprint density at radius 2 is 2.00 bits per heavy atom. The van der Waals surface area contributed by atoms with Gasteiger partial charge in [-0.05, 0) is 40.2 Å². The van der Waals surface area contributed by atoms with Crippen LogP contribution >= 0.6 is 27.5 Å². The molecule has 0 aliphatic carbocycles. The van der Waals surface area contributed by atoms with Crippen LogP contribution in [0.25, 0.3) is 0 Å². The van der Waals surface area contributed by atoms with Crippen molar-refractivity contribution in [3.05, 3.63) is 40.0 Å². The normalized spacial score (nSPS) is 10.1. The largest absolute Gasteiger partial charge is 0.438 e. The van der Waals surface area contributed by atoms with E-state index in [-0.39, 0.29) is 5.95 Å². The van der Waals surface area contributed by atoms with Gasteiger partial charge in [-0.2, -0.15) is 4.98 Å². The maximum Gasteiger partial charge on any atom is 0.240 e. The zero-order valence-electron chi connectivity index (χ0n) is 8.52. The number of ether oxygens (including phenoxy) is 1. The standard InChI is InChI=1S/C10H8BrClN4O/c11-8-5-14-10(16-13)15-9(8)17-7-3-1-6(12)2-4-7/h1-5H,13H2,(H,14,15,16). The number of halogens is 2. The third-order valence-electron chi connectivity index (χ3n) is 1.87. The summed E-state index contributed by atoms with van der Waals surface area (Å²) in [7, 11) is 0. The summed E-state index contributed by atoms with van der Waals surface area (Å²) in [5.41, 5.74) is 2.35. The number of nitrogens with one attached hydrogen (secondary N) is 1. The van der Waals surface area contributed by atoms with E-state index in [1.807, 2.05) is 0 Å². The maximum atomic E-state index is 5.78. The molecular weight excluding hydrogens is 307 g/mol. The second-order valence-electron chi connectivity index (χ2n) is 3.05. The molecule has 0 radical (unpaired) electrons. The molecule has 0 saturated carbocycles. The fourth-order valence-corrected chi connectivity index (χ4v) is 1.50. The second kappa shape index (κ2) is 5.31. The average molecular weight is 316 g/mol. The van der Waals surface area contributed by atoms with Crippen LogP contribution in [0.5, 0.6) is 11.6 Å². The van der Waals surface area contributed by atoms with Gasteiger partial charge in [0.2, 0.25) is 11.8 Å². The van der Waals surface area contributed by atoms with E-state index in [9.17, 15) is 0 Å². The van der Waals surface area contributed by atoms with Crippen LogP contribution in [-0.2, 0) is 0 Å². The van der Waals surface area contributed by atoms with E-state index in [0.717, 1.165) is 0 Å². The van der Waals surface area contributed by atoms with E-state index in [1.54, 1.807) is 30.5 Å². The van der Waals surface area contributed by atoms with Gasteiger partial charge in [-0.25, -0.2) is 10.8 Å². The molecule has 1 heterocycles. The molecule has 0 fully saturated rings. The van der Waals surface area contributed by atoms with E-state index in [1.165, 1.54) is 0 Å². The quantitative estimate of drug-likeness (QED) is 0.673. The zero-order chi connectivity index (χ0) is 12.3. The molecule has 2 rings (SSSR count). The molecule has 5 nitrogen and oxygen atoms in total. The van der Waals surface area contributed by atoms with Crippen molar-refractivity contribution < 1.29 is 4.74 Å². The van der Waals surface area contributed by atoms with Crippen molar-refractivity contribution in [3.63, 3.8) is 0 Å². The van der Waals surface area contributed by atoms with Crippen molar-refractivity contribution >= 4 is 33.5 Å². The van der Waals surface area contributed by atoms with E-state index in [2.05, 4.69) is 31.3 Å². The molecule has 0 aliphatic rings. The number of hydrazine groups is 1. The number of anilines is 1. The summed E-state index contributed by atoms with van der Waals surface area (Å²) in [5, 5.41) is 0.642. The fourth-order valence-electron chi connectivity index (χ4n) is 1.11. The van der Waals surface area contributed by atoms with Crippen LogP contribution in [0.4, 0.5) is 5.95 Å². The molecule has 17 heavy (non-hydrogen) atoms. The summed E-state index contributed by atoms with van der Waals surface area (Å²) in [4.78, 5) is 7.98. The van der Waals surface area contributed by atoms with Gasteiger partial charge in [0.15, 0.2) is 0 Å². The van der Waals surface area contributed by atoms with Crippen molar-refractivity contribution in [2.24, 2.45) is 5.84 Å². The van der Waals surface area contributed by atoms with Gasteiger partial charge in [0.25, 0.3) is 0 Å². The van der Waals surface area contributed by atoms with Crippen LogP contribution in [0.3, 0.4) is 0 Å². The number of nitrogen functional groups attached to an aromatic ring is 1. The molecule has 0 atom stereocenters. The number of benzene rings is 1. The van der Waals surface area contributed by atoms with Gasteiger partial charge in [-0.3, -0.25) is 5.43 Å². The molecule has 0 bridgehead atoms. The second-order valence-corrected chi connectivity index (χ2v) is 4.34. The average Bonchev–Trinajstić information content (AvgIpc) is 2.35. The van der Waals surface area contributed by atoms with Gasteiger partial charge in [0.1, 0.15) is 5.75 Å².